The number of amides is 1. The molecule has 2 rings (SSSR count). The lowest BCUT2D eigenvalue weighted by Gasteiger charge is -2.09. The highest BCUT2D eigenvalue weighted by Crippen LogP contribution is 2.20. The number of rotatable bonds is 5. The summed E-state index contributed by atoms with van der Waals surface area (Å²) in [4.78, 5) is 11.8. The van der Waals surface area contributed by atoms with E-state index in [4.69, 9.17) is 0 Å². The lowest BCUT2D eigenvalue weighted by molar-refractivity contribution is -0.119. The summed E-state index contributed by atoms with van der Waals surface area (Å²) in [7, 11) is 0. The number of hydrogen-bond donors (Lipinski definition) is 2. The van der Waals surface area contributed by atoms with Crippen molar-refractivity contribution in [2.75, 3.05) is 11.9 Å². The molecular weight excluding hydrogens is 328 g/mol. The largest absolute Gasteiger partial charge is 0.376 e. The van der Waals surface area contributed by atoms with E-state index in [2.05, 4.69) is 32.6 Å². The van der Waals surface area contributed by atoms with Crippen LogP contribution in [0.5, 0.6) is 0 Å². The Bertz CT molecular complexity index is 640. The molecule has 0 aliphatic carbocycles. The number of aryl methyl sites for hydroxylation is 2. The highest BCUT2D eigenvalue weighted by atomic mass is 79.9. The van der Waals surface area contributed by atoms with E-state index in [1.165, 1.54) is 11.1 Å². The smallest absolute Gasteiger partial charge is 0.239 e. The van der Waals surface area contributed by atoms with Crippen molar-refractivity contribution >= 4 is 27.5 Å². The Labute approximate surface area is 133 Å². The molecule has 0 unspecified atom stereocenters. The first-order valence-corrected chi connectivity index (χ1v) is 7.66. The van der Waals surface area contributed by atoms with Gasteiger partial charge in [-0.1, -0.05) is 51.8 Å². The van der Waals surface area contributed by atoms with E-state index in [0.717, 1.165) is 15.7 Å². The zero-order chi connectivity index (χ0) is 15.2. The molecule has 1 amide bonds. The molecule has 2 N–H and O–H groups in total. The average molecular weight is 347 g/mol. The number of halogens is 1. The highest BCUT2D eigenvalue weighted by Gasteiger charge is 2.03. The monoisotopic (exact) mass is 346 g/mol. The Kier molecular flexibility index (Phi) is 5.39. The number of benzene rings is 2. The molecule has 0 saturated heterocycles. The summed E-state index contributed by atoms with van der Waals surface area (Å²) >= 11 is 3.48. The minimum Gasteiger partial charge on any atom is -0.376 e. The second-order valence-corrected chi connectivity index (χ2v) is 5.94. The Hall–Kier alpha value is -1.81. The van der Waals surface area contributed by atoms with E-state index in [-0.39, 0.29) is 12.5 Å². The zero-order valence-electron chi connectivity index (χ0n) is 12.2. The molecule has 0 bridgehead atoms. The third-order valence-corrected chi connectivity index (χ3v) is 4.05. The molecule has 0 radical (unpaired) electrons. The zero-order valence-corrected chi connectivity index (χ0v) is 13.8. The Morgan fingerprint density at radius 2 is 1.95 bits per heavy atom. The summed E-state index contributed by atoms with van der Waals surface area (Å²) < 4.78 is 1.03. The predicted octanol–water partition coefficient (Wildman–Crippen LogP) is 3.79. The molecule has 0 aliphatic heterocycles. The third kappa shape index (κ3) is 4.90. The SMILES string of the molecule is Cc1cccc(CNC(=O)CNc2ccc(C)c(Br)c2)c1. The molecule has 0 aromatic heterocycles. The molecule has 3 nitrogen and oxygen atoms in total. The molecular formula is C17H19BrN2O. The maximum atomic E-state index is 11.8. The Morgan fingerprint density at radius 1 is 1.14 bits per heavy atom. The summed E-state index contributed by atoms with van der Waals surface area (Å²) in [5.41, 5.74) is 4.41. The van der Waals surface area contributed by atoms with E-state index < -0.39 is 0 Å². The summed E-state index contributed by atoms with van der Waals surface area (Å²) in [6.45, 7) is 4.89. The van der Waals surface area contributed by atoms with Crippen molar-refractivity contribution in [1.29, 1.82) is 0 Å². The Morgan fingerprint density at radius 3 is 2.67 bits per heavy atom. The topological polar surface area (TPSA) is 41.1 Å². The van der Waals surface area contributed by atoms with Gasteiger partial charge in [-0.2, -0.15) is 0 Å². The number of hydrogen-bond acceptors (Lipinski definition) is 2. The van der Waals surface area contributed by atoms with Gasteiger partial charge in [0, 0.05) is 16.7 Å². The molecule has 2 aromatic rings. The van der Waals surface area contributed by atoms with E-state index in [0.29, 0.717) is 6.54 Å². The standard InChI is InChI=1S/C17H19BrN2O/c1-12-4-3-5-14(8-12)10-20-17(21)11-19-15-7-6-13(2)16(18)9-15/h3-9,19H,10-11H2,1-2H3,(H,20,21). The van der Waals surface area contributed by atoms with Crippen LogP contribution in [0.2, 0.25) is 0 Å². The van der Waals surface area contributed by atoms with Gasteiger partial charge in [0.25, 0.3) is 0 Å². The van der Waals surface area contributed by atoms with Gasteiger partial charge < -0.3 is 10.6 Å². The van der Waals surface area contributed by atoms with Crippen LogP contribution < -0.4 is 10.6 Å². The number of anilines is 1. The fraction of sp³-hybridized carbons (Fsp3) is 0.235. The summed E-state index contributed by atoms with van der Waals surface area (Å²) in [5.74, 6) is -0.0202. The van der Waals surface area contributed by atoms with E-state index in [1.54, 1.807) is 0 Å². The van der Waals surface area contributed by atoms with E-state index in [1.807, 2.05) is 50.2 Å². The quantitative estimate of drug-likeness (QED) is 0.864. The molecule has 0 spiro atoms. The van der Waals surface area contributed by atoms with Gasteiger partial charge in [-0.3, -0.25) is 4.79 Å². The maximum Gasteiger partial charge on any atom is 0.239 e. The van der Waals surface area contributed by atoms with Crippen LogP contribution in [-0.4, -0.2) is 12.5 Å². The first-order chi connectivity index (χ1) is 10.0. The second kappa shape index (κ2) is 7.27. The molecule has 0 atom stereocenters. The molecule has 4 heteroatoms. The van der Waals surface area contributed by atoms with Gasteiger partial charge in [0.15, 0.2) is 0 Å². The van der Waals surface area contributed by atoms with Crippen molar-refractivity contribution in [2.45, 2.75) is 20.4 Å². The number of nitrogens with one attached hydrogen (secondary N) is 2. The molecule has 0 saturated carbocycles. The first kappa shape index (κ1) is 15.6. The van der Waals surface area contributed by atoms with Crippen molar-refractivity contribution in [3.8, 4) is 0 Å². The highest BCUT2D eigenvalue weighted by molar-refractivity contribution is 9.10. The van der Waals surface area contributed by atoms with Gasteiger partial charge >= 0.3 is 0 Å². The number of carbonyl (C=O) groups is 1. The van der Waals surface area contributed by atoms with Gasteiger partial charge in [-0.15, -0.1) is 0 Å². The fourth-order valence-electron chi connectivity index (χ4n) is 1.97. The summed E-state index contributed by atoms with van der Waals surface area (Å²) in [6.07, 6.45) is 0. The van der Waals surface area contributed by atoms with E-state index >= 15 is 0 Å². The summed E-state index contributed by atoms with van der Waals surface area (Å²) in [5, 5.41) is 6.03. The first-order valence-electron chi connectivity index (χ1n) is 6.87. The normalized spacial score (nSPS) is 10.2. The van der Waals surface area contributed by atoms with Crippen molar-refractivity contribution in [3.63, 3.8) is 0 Å². The summed E-state index contributed by atoms with van der Waals surface area (Å²) in [6, 6.07) is 14.1. The Balaban J connectivity index is 1.80. The molecule has 2 aromatic carbocycles. The van der Waals surface area contributed by atoms with Crippen LogP contribution in [-0.2, 0) is 11.3 Å². The molecule has 21 heavy (non-hydrogen) atoms. The van der Waals surface area contributed by atoms with Gasteiger partial charge in [-0.05, 0) is 37.1 Å². The van der Waals surface area contributed by atoms with Crippen LogP contribution in [0.4, 0.5) is 5.69 Å². The van der Waals surface area contributed by atoms with Crippen molar-refractivity contribution in [2.24, 2.45) is 0 Å². The molecule has 0 aliphatic rings. The van der Waals surface area contributed by atoms with Gasteiger partial charge in [-0.25, -0.2) is 0 Å². The van der Waals surface area contributed by atoms with Crippen LogP contribution in [0.1, 0.15) is 16.7 Å². The fourth-order valence-corrected chi connectivity index (χ4v) is 2.35. The maximum absolute atomic E-state index is 11.8. The van der Waals surface area contributed by atoms with E-state index in [9.17, 15) is 4.79 Å². The van der Waals surface area contributed by atoms with Crippen molar-refractivity contribution < 1.29 is 4.79 Å². The van der Waals surface area contributed by atoms with Gasteiger partial charge in [0.05, 0.1) is 6.54 Å². The molecule has 0 heterocycles. The van der Waals surface area contributed by atoms with Crippen molar-refractivity contribution in [3.05, 3.63) is 63.6 Å². The minimum absolute atomic E-state index is 0.0202. The van der Waals surface area contributed by atoms with Gasteiger partial charge in [0.1, 0.15) is 0 Å². The lowest BCUT2D eigenvalue weighted by atomic mass is 10.1. The van der Waals surface area contributed by atoms with Crippen LogP contribution in [0.25, 0.3) is 0 Å². The number of carbonyl (C=O) groups excluding carboxylic acids is 1. The van der Waals surface area contributed by atoms with Gasteiger partial charge in [0.2, 0.25) is 5.91 Å². The van der Waals surface area contributed by atoms with Crippen molar-refractivity contribution in [1.82, 2.24) is 5.32 Å². The van der Waals surface area contributed by atoms with Crippen LogP contribution >= 0.6 is 15.9 Å². The van der Waals surface area contributed by atoms with Crippen LogP contribution in [0.15, 0.2) is 46.9 Å². The minimum atomic E-state index is -0.0202. The predicted molar refractivity (Wildman–Crippen MR) is 90.4 cm³/mol. The lowest BCUT2D eigenvalue weighted by Crippen LogP contribution is -2.29. The van der Waals surface area contributed by atoms with Crippen LogP contribution in [0.3, 0.4) is 0 Å². The molecule has 0 fully saturated rings. The molecule has 110 valence electrons. The second-order valence-electron chi connectivity index (χ2n) is 5.08. The average Bonchev–Trinajstić information content (AvgIpc) is 2.46. The third-order valence-electron chi connectivity index (χ3n) is 3.20. The van der Waals surface area contributed by atoms with Crippen LogP contribution in [0, 0.1) is 13.8 Å².